The van der Waals surface area contributed by atoms with Gasteiger partial charge in [-0.25, -0.2) is 15.0 Å². The molecule has 0 unspecified atom stereocenters. The summed E-state index contributed by atoms with van der Waals surface area (Å²) in [6.07, 6.45) is 13.4. The predicted octanol–water partition coefficient (Wildman–Crippen LogP) is 13.9. The van der Waals surface area contributed by atoms with Crippen LogP contribution in [0.5, 0.6) is 0 Å². The predicted molar refractivity (Wildman–Crippen MR) is 235 cm³/mol. The summed E-state index contributed by atoms with van der Waals surface area (Å²) in [5.41, 5.74) is 14.7. The van der Waals surface area contributed by atoms with Crippen LogP contribution >= 0.6 is 0 Å². The van der Waals surface area contributed by atoms with Gasteiger partial charge in [-0.3, -0.25) is 0 Å². The molecule has 2 aromatic heterocycles. The van der Waals surface area contributed by atoms with Gasteiger partial charge in [-0.1, -0.05) is 146 Å². The third-order valence-electron chi connectivity index (χ3n) is 11.5. The molecule has 0 fully saturated rings. The van der Waals surface area contributed by atoms with Crippen LogP contribution in [0.1, 0.15) is 30.4 Å². The molecule has 0 bridgehead atoms. The van der Waals surface area contributed by atoms with Crippen LogP contribution in [0.3, 0.4) is 0 Å². The van der Waals surface area contributed by atoms with Gasteiger partial charge in [0, 0.05) is 27.5 Å². The summed E-state index contributed by atoms with van der Waals surface area (Å²) in [7, 11) is 0. The van der Waals surface area contributed by atoms with Gasteiger partial charge in [0.1, 0.15) is 11.2 Å². The van der Waals surface area contributed by atoms with Crippen molar-refractivity contribution in [2.45, 2.75) is 25.7 Å². The third-order valence-corrected chi connectivity index (χ3v) is 11.5. The molecule has 11 rings (SSSR count). The van der Waals surface area contributed by atoms with Crippen molar-refractivity contribution in [3.05, 3.63) is 192 Å². The zero-order valence-electron chi connectivity index (χ0n) is 31.3. The van der Waals surface area contributed by atoms with Gasteiger partial charge in [0.2, 0.25) is 0 Å². The van der Waals surface area contributed by atoms with Crippen molar-refractivity contribution in [3.8, 4) is 56.4 Å². The molecule has 9 aromatic rings. The van der Waals surface area contributed by atoms with Crippen LogP contribution < -0.4 is 0 Å². The second-order valence-electron chi connectivity index (χ2n) is 15.0. The van der Waals surface area contributed by atoms with E-state index in [0.29, 0.717) is 17.5 Å². The lowest BCUT2D eigenvalue weighted by molar-refractivity contribution is 0.669. The number of rotatable bonds is 6. The summed E-state index contributed by atoms with van der Waals surface area (Å²) >= 11 is 0. The number of nitrogens with zero attached hydrogens (tertiary/aromatic N) is 3. The lowest BCUT2D eigenvalue weighted by atomic mass is 9.85. The highest BCUT2D eigenvalue weighted by molar-refractivity contribution is 6.22. The van der Waals surface area contributed by atoms with Crippen molar-refractivity contribution in [1.82, 2.24) is 15.0 Å². The molecule has 4 heteroatoms. The summed E-state index contributed by atoms with van der Waals surface area (Å²) in [4.78, 5) is 15.5. The summed E-state index contributed by atoms with van der Waals surface area (Å²) < 4.78 is 6.67. The van der Waals surface area contributed by atoms with E-state index >= 15 is 0 Å². The van der Waals surface area contributed by atoms with Crippen LogP contribution in [0.4, 0.5) is 0 Å². The van der Waals surface area contributed by atoms with E-state index in [4.69, 9.17) is 19.4 Å². The van der Waals surface area contributed by atoms with Crippen LogP contribution in [-0.4, -0.2) is 15.0 Å². The fourth-order valence-corrected chi connectivity index (χ4v) is 8.61. The average molecular weight is 732 g/mol. The van der Waals surface area contributed by atoms with Crippen molar-refractivity contribution in [3.63, 3.8) is 0 Å². The maximum absolute atomic E-state index is 6.67. The van der Waals surface area contributed by atoms with Gasteiger partial charge < -0.3 is 4.42 Å². The molecule has 57 heavy (non-hydrogen) atoms. The molecule has 0 spiro atoms. The number of hydrogen-bond acceptors (Lipinski definition) is 4. The first-order valence-electron chi connectivity index (χ1n) is 19.8. The summed E-state index contributed by atoms with van der Waals surface area (Å²) in [5.74, 6) is 1.92. The van der Waals surface area contributed by atoms with Crippen LogP contribution in [0.15, 0.2) is 185 Å². The van der Waals surface area contributed by atoms with Crippen LogP contribution in [0.25, 0.3) is 95.2 Å². The Labute approximate surface area is 331 Å². The normalized spacial score (nSPS) is 13.8. The molecular weight excluding hydrogens is 695 g/mol. The Hall–Kier alpha value is -7.17. The van der Waals surface area contributed by atoms with E-state index in [-0.39, 0.29) is 0 Å². The quantitative estimate of drug-likeness (QED) is 0.171. The Morgan fingerprint density at radius 3 is 1.93 bits per heavy atom. The van der Waals surface area contributed by atoms with E-state index in [0.717, 1.165) is 86.2 Å². The summed E-state index contributed by atoms with van der Waals surface area (Å²) in [5, 5.41) is 4.33. The molecule has 0 saturated heterocycles. The van der Waals surface area contributed by atoms with E-state index in [1.165, 1.54) is 33.4 Å². The molecule has 0 atom stereocenters. The van der Waals surface area contributed by atoms with Crippen molar-refractivity contribution in [2.75, 3.05) is 0 Å². The third kappa shape index (κ3) is 6.07. The lowest BCUT2D eigenvalue weighted by Crippen LogP contribution is -2.04. The van der Waals surface area contributed by atoms with Gasteiger partial charge in [-0.15, -0.1) is 0 Å². The van der Waals surface area contributed by atoms with Gasteiger partial charge in [-0.2, -0.15) is 0 Å². The molecule has 0 aliphatic heterocycles. The van der Waals surface area contributed by atoms with E-state index < -0.39 is 0 Å². The highest BCUT2D eigenvalue weighted by Gasteiger charge is 2.21. The van der Waals surface area contributed by atoms with E-state index in [9.17, 15) is 0 Å². The molecule has 0 radical (unpaired) electrons. The molecule has 2 heterocycles. The van der Waals surface area contributed by atoms with Gasteiger partial charge in [-0.05, 0) is 111 Å². The zero-order chi connectivity index (χ0) is 37.7. The van der Waals surface area contributed by atoms with Gasteiger partial charge in [0.15, 0.2) is 17.5 Å². The second kappa shape index (κ2) is 13.8. The second-order valence-corrected chi connectivity index (χ2v) is 15.0. The first-order valence-corrected chi connectivity index (χ1v) is 19.8. The zero-order valence-corrected chi connectivity index (χ0v) is 31.3. The van der Waals surface area contributed by atoms with Crippen LogP contribution in [-0.2, 0) is 6.42 Å². The number of furan rings is 1. The Morgan fingerprint density at radius 2 is 1.12 bits per heavy atom. The number of benzene rings is 7. The lowest BCUT2D eigenvalue weighted by Gasteiger charge is -2.20. The molecule has 7 aromatic carbocycles. The number of aromatic nitrogens is 3. The summed E-state index contributed by atoms with van der Waals surface area (Å²) in [6.45, 7) is 0. The van der Waals surface area contributed by atoms with Gasteiger partial charge >= 0.3 is 0 Å². The smallest absolute Gasteiger partial charge is 0.164 e. The molecule has 4 nitrogen and oxygen atoms in total. The van der Waals surface area contributed by atoms with Crippen molar-refractivity contribution >= 4 is 38.8 Å². The molecule has 0 saturated carbocycles. The average Bonchev–Trinajstić information content (AvgIpc) is 3.67. The monoisotopic (exact) mass is 731 g/mol. The molecule has 2 aliphatic carbocycles. The SMILES string of the molecule is C1=CCCC(C2=Cc3ccc(-c4nc(-c5ccccc5)nc(-c5cc6oc7ccc(-c8cccc(-c9ccccc9)c8)cc7c6c6ccccc56)n4)cc3CC2)=C1. The fraction of sp³-hybridized carbons (Fsp3) is 0.0755. The molecule has 0 amide bonds. The first kappa shape index (κ1) is 33.2. The molecule has 0 N–H and O–H groups in total. The summed E-state index contributed by atoms with van der Waals surface area (Å²) in [6, 6.07) is 53.3. The first-order chi connectivity index (χ1) is 28.2. The van der Waals surface area contributed by atoms with Crippen LogP contribution in [0, 0.1) is 0 Å². The highest BCUT2D eigenvalue weighted by atomic mass is 16.3. The highest BCUT2D eigenvalue weighted by Crippen LogP contribution is 2.42. The van der Waals surface area contributed by atoms with Crippen molar-refractivity contribution < 1.29 is 4.42 Å². The fourth-order valence-electron chi connectivity index (χ4n) is 8.61. The maximum Gasteiger partial charge on any atom is 0.164 e. The maximum atomic E-state index is 6.67. The Kier molecular flexibility index (Phi) is 8.06. The molecule has 270 valence electrons. The number of fused-ring (bicyclic) bond motifs is 6. The van der Waals surface area contributed by atoms with Gasteiger partial charge in [0.25, 0.3) is 0 Å². The van der Waals surface area contributed by atoms with Crippen molar-refractivity contribution in [1.29, 1.82) is 0 Å². The van der Waals surface area contributed by atoms with Crippen molar-refractivity contribution in [2.24, 2.45) is 0 Å². The minimum Gasteiger partial charge on any atom is -0.456 e. The van der Waals surface area contributed by atoms with E-state index in [1.807, 2.05) is 18.2 Å². The Balaban J connectivity index is 1.05. The largest absolute Gasteiger partial charge is 0.456 e. The Bertz CT molecular complexity index is 3120. The van der Waals surface area contributed by atoms with Crippen LogP contribution in [0.2, 0.25) is 0 Å². The molecular formula is C53H37N3O. The van der Waals surface area contributed by atoms with E-state index in [2.05, 4.69) is 158 Å². The molecule has 2 aliphatic rings. The van der Waals surface area contributed by atoms with Gasteiger partial charge in [0.05, 0.1) is 0 Å². The number of aryl methyl sites for hydroxylation is 1. The topological polar surface area (TPSA) is 51.8 Å². The van der Waals surface area contributed by atoms with E-state index in [1.54, 1.807) is 0 Å². The minimum absolute atomic E-state index is 0.619. The standard InChI is InChI=1S/C53H37N3O/c1-4-13-34(14-5-1)37-19-12-20-38(29-37)42-27-28-48-47(32-42)50-45-22-11-10-21-44(45)46(33-49(50)57-48)53-55-51(36-17-8-3-9-18-36)54-52(56-53)43-26-25-40-30-39(23-24-41(40)31-43)35-15-6-2-7-16-35/h1-6,8-15,17-22,25-33H,7,16,23-24H2. The number of hydrogen-bond donors (Lipinski definition) is 0. The Morgan fingerprint density at radius 1 is 0.439 bits per heavy atom. The minimum atomic E-state index is 0.619. The number of allylic oxidation sites excluding steroid dienone is 5.